The van der Waals surface area contributed by atoms with Crippen molar-refractivity contribution >= 4 is 82.0 Å². The van der Waals surface area contributed by atoms with Crippen LogP contribution < -0.4 is 81.2 Å². The van der Waals surface area contributed by atoms with Crippen molar-refractivity contribution in [2.45, 2.75) is 146 Å². The molecule has 4 aromatic rings. The van der Waals surface area contributed by atoms with Crippen molar-refractivity contribution in [2.24, 2.45) is 23.1 Å². The fourth-order valence-electron chi connectivity index (χ4n) is 9.32. The Kier molecular flexibility index (Phi) is 29.4. The highest BCUT2D eigenvalue weighted by Gasteiger charge is 2.36. The van der Waals surface area contributed by atoms with Crippen LogP contribution in [0.3, 0.4) is 0 Å². The lowest BCUT2D eigenvalue weighted by Crippen LogP contribution is -2.62. The summed E-state index contributed by atoms with van der Waals surface area (Å²) in [6, 6.07) is 4.86. The summed E-state index contributed by atoms with van der Waals surface area (Å²) in [4.78, 5) is 152. The van der Waals surface area contributed by atoms with E-state index in [1.165, 1.54) is 56.4 Å². The molecule has 490 valence electrons. The Hall–Kier alpha value is -9.91. The van der Waals surface area contributed by atoms with E-state index in [-0.39, 0.29) is 81.2 Å². The third kappa shape index (κ3) is 24.3. The number of H-pyrrole nitrogens is 1. The number of nitrogens with two attached hydrogens (primary N) is 3. The van der Waals surface area contributed by atoms with Crippen LogP contribution >= 0.6 is 0 Å². The van der Waals surface area contributed by atoms with E-state index in [1.807, 2.05) is 18.2 Å². The van der Waals surface area contributed by atoms with E-state index >= 15 is 4.39 Å². The number of primary amides is 2. The number of guanidine groups is 1. The number of aromatic hydroxyl groups is 1. The van der Waals surface area contributed by atoms with Gasteiger partial charge in [0, 0.05) is 56.9 Å². The van der Waals surface area contributed by atoms with Crippen LogP contribution in [0.4, 0.5) is 9.18 Å². The molecule has 0 aliphatic rings. The van der Waals surface area contributed by atoms with Crippen molar-refractivity contribution in [3.05, 3.63) is 102 Å². The van der Waals surface area contributed by atoms with Crippen molar-refractivity contribution in [1.29, 1.82) is 5.41 Å². The number of para-hydroxylation sites is 1. The number of carbonyl (C=O) groups excluding carboxylic acids is 11. The second-order valence-electron chi connectivity index (χ2n) is 21.8. The lowest BCUT2D eigenvalue weighted by atomic mass is 10.0. The highest BCUT2D eigenvalue weighted by atomic mass is 19.1. The first kappa shape index (κ1) is 72.6. The van der Waals surface area contributed by atoms with Crippen LogP contribution in [0.25, 0.3) is 10.9 Å². The minimum atomic E-state index is -1.98. The molecule has 1 unspecified atom stereocenters. The maximum atomic E-state index is 15.2. The first-order valence-electron chi connectivity index (χ1n) is 29.2. The van der Waals surface area contributed by atoms with Crippen molar-refractivity contribution in [1.82, 2.24) is 69.0 Å². The Morgan fingerprint density at radius 2 is 1.16 bits per heavy atom. The highest BCUT2D eigenvalue weighted by molar-refractivity contribution is 5.99. The number of phenols is 1. The number of benzene rings is 3. The Morgan fingerprint density at radius 3 is 1.76 bits per heavy atom. The quantitative estimate of drug-likeness (QED) is 0.00988. The molecule has 0 saturated carbocycles. The number of hydrazine groups is 1. The Labute approximate surface area is 518 Å². The van der Waals surface area contributed by atoms with Gasteiger partial charge in [0.25, 0.3) is 5.91 Å². The third-order valence-corrected chi connectivity index (χ3v) is 14.0. The molecular formula is C59H84FN17O13. The molecule has 0 spiro atoms. The lowest BCUT2D eigenvalue weighted by Gasteiger charge is -2.28. The van der Waals surface area contributed by atoms with Gasteiger partial charge in [0.1, 0.15) is 59.9 Å². The van der Waals surface area contributed by atoms with Crippen molar-refractivity contribution in [3.63, 3.8) is 0 Å². The first-order chi connectivity index (χ1) is 42.7. The zero-order valence-corrected chi connectivity index (χ0v) is 50.8. The number of rotatable bonds is 35. The van der Waals surface area contributed by atoms with Crippen molar-refractivity contribution in [2.75, 3.05) is 20.1 Å². The van der Waals surface area contributed by atoms with E-state index in [4.69, 9.17) is 22.6 Å². The number of nitrogens with one attached hydrogen (secondary N) is 14. The van der Waals surface area contributed by atoms with Crippen LogP contribution in [0.5, 0.6) is 5.75 Å². The zero-order valence-electron chi connectivity index (χ0n) is 50.8. The maximum Gasteiger partial charge on any atom is 0.334 e. The number of aliphatic hydroxyl groups excluding tert-OH is 1. The molecule has 22 N–H and O–H groups in total. The van der Waals surface area contributed by atoms with Crippen molar-refractivity contribution < 1.29 is 67.3 Å². The van der Waals surface area contributed by atoms with Gasteiger partial charge in [0.15, 0.2) is 5.96 Å². The van der Waals surface area contributed by atoms with Gasteiger partial charge >= 0.3 is 6.03 Å². The standard InChI is InChI=1S/C59H84FN17O13/c1-31(2)25-44(53(85)70-42(18-12-24-66-58(64)65-5)51(83)71-43(50(63)82)28-36-30-67-40-16-9-7-14-38(36)40)74-59(90)77-76-56(88)46(27-35-13-6-8-15-39(35)60)73-57(89)49(32(3)78)75-55(87)47(29-48(62)81)72-52(84)41(17-10-11-23-61)69-54(86)45(68-33(4)79)26-34-19-21-37(80)22-20-34/h6-9,13-16,19-22,30-32,41-47,49,67,78,80H,10-12,17-18,23-29,61H2,1-5H3,(H2,62,81)(H2,63,82)(H,68,79)(H,69,86)(H,70,85)(H,71,83)(H,72,84)(H,73,89)(H,75,87)(H,76,88)(H3,64,65,66)(H2,74,77,90)/t32-,41+,42+,43+,44+,45-,46+,47+,49?/m1/s1. The summed E-state index contributed by atoms with van der Waals surface area (Å²) in [5, 5.41) is 54.5. The van der Waals surface area contributed by atoms with Gasteiger partial charge < -0.3 is 85.6 Å². The molecule has 1 aromatic heterocycles. The number of aromatic amines is 1. The van der Waals surface area contributed by atoms with E-state index in [9.17, 15) is 63.0 Å². The summed E-state index contributed by atoms with van der Waals surface area (Å²) in [6.07, 6.45) is -0.864. The third-order valence-electron chi connectivity index (χ3n) is 14.0. The number of fused-ring (bicyclic) bond motifs is 1. The molecule has 0 aliphatic carbocycles. The SMILES string of the molecule is CNC(=N)NCCC[C@H](NC(=O)[C@H](CC(C)C)NC(=O)NNC(=O)[C@H](Cc1ccccc1F)NC(=O)C(NC(=O)[C@H](CC(N)=O)NC(=O)[C@H](CCCCN)NC(=O)[C@@H](Cc1ccc(O)cc1)NC(C)=O)[C@@H](C)O)C(=O)N[C@@H](Cc1c[nH]c2ccccc12)C(N)=O. The topological polar surface area (TPSA) is 490 Å². The smallest absolute Gasteiger partial charge is 0.334 e. The average molecular weight is 1260 g/mol. The summed E-state index contributed by atoms with van der Waals surface area (Å²) in [7, 11) is 1.53. The van der Waals surface area contributed by atoms with Crippen LogP contribution in [0.15, 0.2) is 79.0 Å². The molecule has 0 aliphatic heterocycles. The predicted octanol–water partition coefficient (Wildman–Crippen LogP) is -2.41. The number of hydrogen-bond donors (Lipinski definition) is 19. The van der Waals surface area contributed by atoms with Crippen LogP contribution in [0.1, 0.15) is 89.3 Å². The molecule has 90 heavy (non-hydrogen) atoms. The minimum Gasteiger partial charge on any atom is -0.508 e. The molecule has 31 heteroatoms. The minimum absolute atomic E-state index is 0.00247. The summed E-state index contributed by atoms with van der Waals surface area (Å²) in [5.74, 6) is -10.9. The first-order valence-corrected chi connectivity index (χ1v) is 29.2. The van der Waals surface area contributed by atoms with E-state index in [2.05, 4.69) is 69.0 Å². The monoisotopic (exact) mass is 1260 g/mol. The molecule has 0 fully saturated rings. The molecule has 0 saturated heterocycles. The summed E-state index contributed by atoms with van der Waals surface area (Å²) in [6.45, 7) is 6.12. The second-order valence-corrected chi connectivity index (χ2v) is 21.8. The Morgan fingerprint density at radius 1 is 0.600 bits per heavy atom. The Balaban J connectivity index is 1.52. The average Bonchev–Trinajstić information content (AvgIpc) is 1.84. The summed E-state index contributed by atoms with van der Waals surface area (Å²) >= 11 is 0. The number of urea groups is 1. The number of hydrogen-bond acceptors (Lipinski definition) is 15. The fraction of sp³-hybridized carbons (Fsp3) is 0.458. The van der Waals surface area contributed by atoms with Crippen LogP contribution in [0, 0.1) is 17.1 Å². The molecule has 30 nitrogen and oxygen atoms in total. The lowest BCUT2D eigenvalue weighted by molar-refractivity contribution is -0.137. The van der Waals surface area contributed by atoms with E-state index in [0.29, 0.717) is 17.5 Å². The molecule has 4 rings (SSSR count). The van der Waals surface area contributed by atoms with Gasteiger partial charge in [0.05, 0.1) is 12.5 Å². The number of carbonyl (C=O) groups is 11. The van der Waals surface area contributed by atoms with Gasteiger partial charge in [-0.05, 0) is 98.9 Å². The number of aromatic nitrogens is 1. The van der Waals surface area contributed by atoms with Gasteiger partial charge in [-0.2, -0.15) is 0 Å². The number of phenolic OH excluding ortho intramolecular Hbond substituents is 1. The molecule has 3 aromatic carbocycles. The molecular weight excluding hydrogens is 1170 g/mol. The van der Waals surface area contributed by atoms with Crippen LogP contribution in [-0.4, -0.2) is 161 Å². The molecule has 0 bridgehead atoms. The summed E-state index contributed by atoms with van der Waals surface area (Å²) in [5.41, 5.74) is 23.0. The molecule has 9 atom stereocenters. The van der Waals surface area contributed by atoms with Gasteiger partial charge in [0.2, 0.25) is 53.2 Å². The number of unbranched alkanes of at least 4 members (excludes halogenated alkanes) is 1. The maximum absolute atomic E-state index is 15.2. The van der Waals surface area contributed by atoms with E-state index < -0.39 is 138 Å². The van der Waals surface area contributed by atoms with Crippen LogP contribution in [-0.2, 0) is 67.2 Å². The van der Waals surface area contributed by atoms with Gasteiger partial charge in [-0.25, -0.2) is 14.6 Å². The Bertz CT molecular complexity index is 3150. The highest BCUT2D eigenvalue weighted by Crippen LogP contribution is 2.20. The molecule has 0 radical (unpaired) electrons. The van der Waals surface area contributed by atoms with E-state index in [0.717, 1.165) is 23.9 Å². The fourth-order valence-corrected chi connectivity index (χ4v) is 9.32. The van der Waals surface area contributed by atoms with Gasteiger partial charge in [-0.3, -0.25) is 58.8 Å². The van der Waals surface area contributed by atoms with E-state index in [1.54, 1.807) is 26.1 Å². The second kappa shape index (κ2) is 36.4. The number of aliphatic hydroxyl groups is 1. The molecule has 1 heterocycles. The van der Waals surface area contributed by atoms with Crippen LogP contribution in [0.2, 0.25) is 0 Å². The predicted molar refractivity (Wildman–Crippen MR) is 328 cm³/mol. The van der Waals surface area contributed by atoms with Gasteiger partial charge in [-0.15, -0.1) is 0 Å². The molecule has 12 amide bonds. The largest absolute Gasteiger partial charge is 0.508 e. The number of halogens is 1. The van der Waals surface area contributed by atoms with Gasteiger partial charge in [-0.1, -0.05) is 62.4 Å². The summed E-state index contributed by atoms with van der Waals surface area (Å²) < 4.78 is 15.2. The zero-order chi connectivity index (χ0) is 66.6. The normalized spacial score (nSPS) is 14.0. The van der Waals surface area contributed by atoms with Crippen molar-refractivity contribution in [3.8, 4) is 5.75 Å². The number of amides is 12.